The van der Waals surface area contributed by atoms with Crippen molar-refractivity contribution < 1.29 is 23.9 Å². The van der Waals surface area contributed by atoms with Gasteiger partial charge in [0.05, 0.1) is 18.6 Å². The summed E-state index contributed by atoms with van der Waals surface area (Å²) >= 11 is 0.804. The first kappa shape index (κ1) is 22.4. The standard InChI is InChI=1S/C23H24N2O5S/c1-5-30-18-9-7-16(11-19(18)29-4)12-20-22(27)25(23(28)31-20)13-21(26)24-17-8-6-14(2)10-15(17)3/h6-12H,5,13H2,1-4H3,(H,24,26)/b20-12+. The molecule has 0 aliphatic carbocycles. The van der Waals surface area contributed by atoms with E-state index < -0.39 is 17.1 Å². The van der Waals surface area contributed by atoms with E-state index in [-0.39, 0.29) is 11.4 Å². The molecule has 0 atom stereocenters. The largest absolute Gasteiger partial charge is 0.493 e. The molecule has 0 radical (unpaired) electrons. The number of carbonyl (C=O) groups is 3. The Labute approximate surface area is 185 Å². The number of nitrogens with zero attached hydrogens (tertiary/aromatic N) is 1. The summed E-state index contributed by atoms with van der Waals surface area (Å²) in [6.45, 7) is 5.88. The Bertz CT molecular complexity index is 1060. The Morgan fingerprint density at radius 2 is 1.90 bits per heavy atom. The fraction of sp³-hybridized carbons (Fsp3) is 0.261. The van der Waals surface area contributed by atoms with Crippen molar-refractivity contribution in [2.45, 2.75) is 20.8 Å². The van der Waals surface area contributed by atoms with Crippen molar-refractivity contribution in [1.29, 1.82) is 0 Å². The molecule has 8 heteroatoms. The monoisotopic (exact) mass is 440 g/mol. The van der Waals surface area contributed by atoms with Crippen molar-refractivity contribution in [2.24, 2.45) is 0 Å². The van der Waals surface area contributed by atoms with Crippen LogP contribution in [0.2, 0.25) is 0 Å². The SMILES string of the molecule is CCOc1ccc(/C=C2/SC(=O)N(CC(=O)Nc3ccc(C)cc3C)C2=O)cc1OC. The summed E-state index contributed by atoms with van der Waals surface area (Å²) in [7, 11) is 1.53. The number of aryl methyl sites for hydroxylation is 2. The molecule has 31 heavy (non-hydrogen) atoms. The van der Waals surface area contributed by atoms with Crippen molar-refractivity contribution in [3.63, 3.8) is 0 Å². The topological polar surface area (TPSA) is 84.9 Å². The summed E-state index contributed by atoms with van der Waals surface area (Å²) in [5.41, 5.74) is 3.33. The third kappa shape index (κ3) is 5.27. The Morgan fingerprint density at radius 1 is 1.13 bits per heavy atom. The number of carbonyl (C=O) groups excluding carboxylic acids is 3. The van der Waals surface area contributed by atoms with Crippen LogP contribution in [0.1, 0.15) is 23.6 Å². The van der Waals surface area contributed by atoms with Crippen LogP contribution in [-0.2, 0) is 9.59 Å². The Morgan fingerprint density at radius 3 is 2.58 bits per heavy atom. The van der Waals surface area contributed by atoms with Crippen molar-refractivity contribution in [3.8, 4) is 11.5 Å². The molecule has 1 aliphatic heterocycles. The molecule has 0 aromatic heterocycles. The maximum Gasteiger partial charge on any atom is 0.294 e. The number of ether oxygens (including phenoxy) is 2. The van der Waals surface area contributed by atoms with Crippen LogP contribution in [0, 0.1) is 13.8 Å². The third-order valence-electron chi connectivity index (χ3n) is 4.62. The molecule has 0 unspecified atom stereocenters. The molecule has 7 nitrogen and oxygen atoms in total. The fourth-order valence-electron chi connectivity index (χ4n) is 3.12. The molecule has 1 N–H and O–H groups in total. The maximum absolute atomic E-state index is 12.7. The molecule has 1 heterocycles. The second-order valence-electron chi connectivity index (χ2n) is 6.98. The van der Waals surface area contributed by atoms with E-state index in [2.05, 4.69) is 5.32 Å². The van der Waals surface area contributed by atoms with E-state index in [1.54, 1.807) is 30.3 Å². The number of hydrogen-bond donors (Lipinski definition) is 1. The zero-order chi connectivity index (χ0) is 22.5. The highest BCUT2D eigenvalue weighted by atomic mass is 32.2. The zero-order valence-electron chi connectivity index (χ0n) is 17.9. The lowest BCUT2D eigenvalue weighted by Crippen LogP contribution is -2.36. The summed E-state index contributed by atoms with van der Waals surface area (Å²) in [5, 5.41) is 2.28. The van der Waals surface area contributed by atoms with Crippen LogP contribution in [0.5, 0.6) is 11.5 Å². The van der Waals surface area contributed by atoms with Gasteiger partial charge in [0.15, 0.2) is 11.5 Å². The molecule has 0 saturated carbocycles. The average Bonchev–Trinajstić information content (AvgIpc) is 2.98. The van der Waals surface area contributed by atoms with Crippen LogP contribution in [0.3, 0.4) is 0 Å². The van der Waals surface area contributed by atoms with Gasteiger partial charge >= 0.3 is 0 Å². The van der Waals surface area contributed by atoms with Gasteiger partial charge < -0.3 is 14.8 Å². The molecule has 0 bridgehead atoms. The van der Waals surface area contributed by atoms with Gasteiger partial charge in [-0.15, -0.1) is 0 Å². The van der Waals surface area contributed by atoms with Crippen LogP contribution in [-0.4, -0.2) is 42.2 Å². The highest BCUT2D eigenvalue weighted by molar-refractivity contribution is 8.18. The lowest BCUT2D eigenvalue weighted by atomic mass is 10.1. The van der Waals surface area contributed by atoms with Crippen LogP contribution in [0.25, 0.3) is 6.08 Å². The number of benzene rings is 2. The average molecular weight is 441 g/mol. The van der Waals surface area contributed by atoms with E-state index in [9.17, 15) is 14.4 Å². The molecule has 1 saturated heterocycles. The van der Waals surface area contributed by atoms with E-state index in [4.69, 9.17) is 9.47 Å². The molecule has 2 aromatic carbocycles. The van der Waals surface area contributed by atoms with Gasteiger partial charge in [0.1, 0.15) is 6.54 Å². The summed E-state index contributed by atoms with van der Waals surface area (Å²) in [4.78, 5) is 38.7. The second-order valence-corrected chi connectivity index (χ2v) is 7.97. The van der Waals surface area contributed by atoms with Crippen molar-refractivity contribution in [1.82, 2.24) is 4.90 Å². The van der Waals surface area contributed by atoms with E-state index in [0.29, 0.717) is 29.4 Å². The van der Waals surface area contributed by atoms with Gasteiger partial charge in [0.25, 0.3) is 11.1 Å². The molecular weight excluding hydrogens is 416 g/mol. The Kier molecular flexibility index (Phi) is 7.02. The number of hydrogen-bond acceptors (Lipinski definition) is 6. The van der Waals surface area contributed by atoms with Crippen LogP contribution >= 0.6 is 11.8 Å². The number of rotatable bonds is 7. The molecule has 1 fully saturated rings. The smallest absolute Gasteiger partial charge is 0.294 e. The molecule has 162 valence electrons. The quantitative estimate of drug-likeness (QED) is 0.643. The van der Waals surface area contributed by atoms with Crippen LogP contribution < -0.4 is 14.8 Å². The molecule has 1 aliphatic rings. The van der Waals surface area contributed by atoms with Gasteiger partial charge in [0, 0.05) is 5.69 Å². The third-order valence-corrected chi connectivity index (χ3v) is 5.52. The van der Waals surface area contributed by atoms with Gasteiger partial charge in [0.2, 0.25) is 5.91 Å². The van der Waals surface area contributed by atoms with Crippen molar-refractivity contribution in [2.75, 3.05) is 25.6 Å². The van der Waals surface area contributed by atoms with Crippen molar-refractivity contribution in [3.05, 3.63) is 58.0 Å². The summed E-state index contributed by atoms with van der Waals surface area (Å²) < 4.78 is 10.8. The fourth-order valence-corrected chi connectivity index (χ4v) is 3.96. The summed E-state index contributed by atoms with van der Waals surface area (Å²) in [5.74, 6) is 0.192. The molecule has 2 aromatic rings. The molecule has 3 rings (SSSR count). The number of thioether (sulfide) groups is 1. The molecule has 3 amide bonds. The molecule has 0 spiro atoms. The minimum absolute atomic E-state index is 0.246. The number of anilines is 1. The highest BCUT2D eigenvalue weighted by Crippen LogP contribution is 2.34. The predicted molar refractivity (Wildman–Crippen MR) is 121 cm³/mol. The number of imide groups is 1. The van der Waals surface area contributed by atoms with E-state index in [1.807, 2.05) is 32.9 Å². The van der Waals surface area contributed by atoms with E-state index >= 15 is 0 Å². The Balaban J connectivity index is 1.72. The first-order valence-electron chi connectivity index (χ1n) is 9.75. The van der Waals surface area contributed by atoms with Gasteiger partial charge in [-0.2, -0.15) is 0 Å². The summed E-state index contributed by atoms with van der Waals surface area (Å²) in [6.07, 6.45) is 1.60. The van der Waals surface area contributed by atoms with E-state index in [1.165, 1.54) is 7.11 Å². The van der Waals surface area contributed by atoms with Gasteiger partial charge in [-0.25, -0.2) is 0 Å². The number of amides is 3. The predicted octanol–water partition coefficient (Wildman–Crippen LogP) is 4.39. The minimum Gasteiger partial charge on any atom is -0.493 e. The Hall–Kier alpha value is -3.26. The van der Waals surface area contributed by atoms with Crippen LogP contribution in [0.15, 0.2) is 41.3 Å². The number of methoxy groups -OCH3 is 1. The minimum atomic E-state index is -0.501. The van der Waals surface area contributed by atoms with Gasteiger partial charge in [-0.05, 0) is 67.9 Å². The first-order valence-corrected chi connectivity index (χ1v) is 10.6. The van der Waals surface area contributed by atoms with E-state index in [0.717, 1.165) is 27.8 Å². The summed E-state index contributed by atoms with van der Waals surface area (Å²) in [6, 6.07) is 10.9. The normalized spacial score (nSPS) is 14.8. The van der Waals surface area contributed by atoms with Gasteiger partial charge in [-0.3, -0.25) is 19.3 Å². The molecular formula is C23H24N2O5S. The lowest BCUT2D eigenvalue weighted by molar-refractivity contribution is -0.127. The van der Waals surface area contributed by atoms with Gasteiger partial charge in [-0.1, -0.05) is 23.8 Å². The number of nitrogens with one attached hydrogen (secondary N) is 1. The van der Waals surface area contributed by atoms with Crippen LogP contribution in [0.4, 0.5) is 10.5 Å². The maximum atomic E-state index is 12.7. The first-order chi connectivity index (χ1) is 14.8. The highest BCUT2D eigenvalue weighted by Gasteiger charge is 2.36. The second kappa shape index (κ2) is 9.70. The zero-order valence-corrected chi connectivity index (χ0v) is 18.7. The van der Waals surface area contributed by atoms with Crippen molar-refractivity contribution >= 4 is 40.6 Å². The lowest BCUT2D eigenvalue weighted by Gasteiger charge is -2.14.